The summed E-state index contributed by atoms with van der Waals surface area (Å²) in [6.45, 7) is 0. The van der Waals surface area contributed by atoms with Gasteiger partial charge in [-0.15, -0.1) is 0 Å². The quantitative estimate of drug-likeness (QED) is 0.541. The molecule has 0 spiro atoms. The van der Waals surface area contributed by atoms with Crippen LogP contribution in [-0.2, 0) is 0 Å². The standard InChI is InChI=1S/C20H14Cl2FNO/c21-15-5-1-13(2-6-15)19(24-18-11-7-16(22)8-12-18)20(25)14-3-9-17(23)10-4-14/h1-12,19,24H. The second kappa shape index (κ2) is 7.68. The molecule has 0 saturated carbocycles. The molecule has 0 aliphatic heterocycles. The van der Waals surface area contributed by atoms with Gasteiger partial charge in [0.1, 0.15) is 11.9 Å². The molecule has 1 unspecified atom stereocenters. The SMILES string of the molecule is O=C(c1ccc(F)cc1)C(Nc1ccc(Cl)cc1)c1ccc(Cl)cc1. The highest BCUT2D eigenvalue weighted by atomic mass is 35.5. The number of ketones is 1. The zero-order valence-corrected chi connectivity index (χ0v) is 14.6. The summed E-state index contributed by atoms with van der Waals surface area (Å²) in [5.41, 5.74) is 1.93. The van der Waals surface area contributed by atoms with Crippen LogP contribution in [0.15, 0.2) is 72.8 Å². The molecule has 3 aromatic carbocycles. The first kappa shape index (κ1) is 17.5. The number of hydrogen-bond acceptors (Lipinski definition) is 2. The fourth-order valence-electron chi connectivity index (χ4n) is 2.45. The number of halogens is 3. The molecule has 0 aliphatic rings. The van der Waals surface area contributed by atoms with Crippen LogP contribution in [0.1, 0.15) is 22.0 Å². The minimum Gasteiger partial charge on any atom is -0.371 e. The maximum atomic E-state index is 13.1. The van der Waals surface area contributed by atoms with Crippen LogP contribution < -0.4 is 5.32 Å². The summed E-state index contributed by atoms with van der Waals surface area (Å²) in [6.07, 6.45) is 0. The van der Waals surface area contributed by atoms with Crippen LogP contribution in [0.4, 0.5) is 10.1 Å². The third-order valence-electron chi connectivity index (χ3n) is 3.75. The third-order valence-corrected chi connectivity index (χ3v) is 4.25. The summed E-state index contributed by atoms with van der Waals surface area (Å²) in [6, 6.07) is 19.0. The van der Waals surface area contributed by atoms with E-state index in [1.807, 2.05) is 0 Å². The Morgan fingerprint density at radius 1 is 0.800 bits per heavy atom. The fourth-order valence-corrected chi connectivity index (χ4v) is 2.70. The smallest absolute Gasteiger partial charge is 0.189 e. The van der Waals surface area contributed by atoms with Crippen LogP contribution in [0.2, 0.25) is 10.0 Å². The van der Waals surface area contributed by atoms with Crippen LogP contribution in [-0.4, -0.2) is 5.78 Å². The van der Waals surface area contributed by atoms with Gasteiger partial charge in [0.2, 0.25) is 0 Å². The number of nitrogens with one attached hydrogen (secondary N) is 1. The van der Waals surface area contributed by atoms with E-state index in [4.69, 9.17) is 23.2 Å². The molecule has 0 saturated heterocycles. The Morgan fingerprint density at radius 2 is 1.32 bits per heavy atom. The van der Waals surface area contributed by atoms with Crippen molar-refractivity contribution in [2.45, 2.75) is 6.04 Å². The van der Waals surface area contributed by atoms with Crippen molar-refractivity contribution in [1.82, 2.24) is 0 Å². The van der Waals surface area contributed by atoms with Crippen molar-refractivity contribution >= 4 is 34.7 Å². The van der Waals surface area contributed by atoms with Crippen molar-refractivity contribution in [3.63, 3.8) is 0 Å². The second-order valence-corrected chi connectivity index (χ2v) is 6.38. The highest BCUT2D eigenvalue weighted by Crippen LogP contribution is 2.26. The first-order chi connectivity index (χ1) is 12.0. The molecule has 5 heteroatoms. The Morgan fingerprint density at radius 3 is 1.88 bits per heavy atom. The van der Waals surface area contributed by atoms with Crippen molar-refractivity contribution in [2.24, 2.45) is 0 Å². The lowest BCUT2D eigenvalue weighted by molar-refractivity contribution is 0.0969. The zero-order valence-electron chi connectivity index (χ0n) is 13.0. The van der Waals surface area contributed by atoms with Crippen molar-refractivity contribution in [2.75, 3.05) is 5.32 Å². The summed E-state index contributed by atoms with van der Waals surface area (Å²) in [4.78, 5) is 13.0. The highest BCUT2D eigenvalue weighted by Gasteiger charge is 2.22. The molecule has 3 rings (SSSR count). The second-order valence-electron chi connectivity index (χ2n) is 5.51. The Labute approximate surface area is 155 Å². The zero-order chi connectivity index (χ0) is 17.8. The number of rotatable bonds is 5. The van der Waals surface area contributed by atoms with Gasteiger partial charge < -0.3 is 5.32 Å². The van der Waals surface area contributed by atoms with Gasteiger partial charge in [0, 0.05) is 21.3 Å². The average Bonchev–Trinajstić information content (AvgIpc) is 2.62. The third kappa shape index (κ3) is 4.38. The molecule has 0 fully saturated rings. The van der Waals surface area contributed by atoms with Gasteiger partial charge in [0.05, 0.1) is 0 Å². The lowest BCUT2D eigenvalue weighted by Crippen LogP contribution is -2.21. The average molecular weight is 374 g/mol. The molecule has 1 atom stereocenters. The first-order valence-corrected chi connectivity index (χ1v) is 8.36. The number of carbonyl (C=O) groups excluding carboxylic acids is 1. The van der Waals surface area contributed by atoms with Gasteiger partial charge in [0.25, 0.3) is 0 Å². The van der Waals surface area contributed by atoms with E-state index >= 15 is 0 Å². The number of hydrogen-bond donors (Lipinski definition) is 1. The maximum Gasteiger partial charge on any atom is 0.189 e. The Bertz CT molecular complexity index is 862. The van der Waals surface area contributed by atoms with E-state index < -0.39 is 6.04 Å². The molecule has 0 bridgehead atoms. The van der Waals surface area contributed by atoms with E-state index in [0.29, 0.717) is 15.6 Å². The Kier molecular flexibility index (Phi) is 5.37. The predicted molar refractivity (Wildman–Crippen MR) is 100.0 cm³/mol. The summed E-state index contributed by atoms with van der Waals surface area (Å²) >= 11 is 11.9. The van der Waals surface area contributed by atoms with E-state index in [1.54, 1.807) is 48.5 Å². The van der Waals surface area contributed by atoms with Gasteiger partial charge in [-0.25, -0.2) is 4.39 Å². The van der Waals surface area contributed by atoms with E-state index in [2.05, 4.69) is 5.32 Å². The van der Waals surface area contributed by atoms with Gasteiger partial charge >= 0.3 is 0 Å². The molecular weight excluding hydrogens is 360 g/mol. The molecule has 2 nitrogen and oxygen atoms in total. The molecule has 0 amide bonds. The van der Waals surface area contributed by atoms with Crippen molar-refractivity contribution in [3.8, 4) is 0 Å². The van der Waals surface area contributed by atoms with Crippen molar-refractivity contribution < 1.29 is 9.18 Å². The summed E-state index contributed by atoms with van der Waals surface area (Å²) in [7, 11) is 0. The van der Waals surface area contributed by atoms with E-state index in [9.17, 15) is 9.18 Å². The largest absolute Gasteiger partial charge is 0.371 e. The van der Waals surface area contributed by atoms with E-state index in [-0.39, 0.29) is 11.6 Å². The highest BCUT2D eigenvalue weighted by molar-refractivity contribution is 6.30. The van der Waals surface area contributed by atoms with Crippen molar-refractivity contribution in [3.05, 3.63) is 99.8 Å². The molecule has 25 heavy (non-hydrogen) atoms. The summed E-state index contributed by atoms with van der Waals surface area (Å²) in [5.74, 6) is -0.553. The van der Waals surface area contributed by atoms with Gasteiger partial charge in [-0.05, 0) is 66.2 Å². The lowest BCUT2D eigenvalue weighted by atomic mass is 9.97. The lowest BCUT2D eigenvalue weighted by Gasteiger charge is -2.20. The first-order valence-electron chi connectivity index (χ1n) is 7.60. The molecule has 0 aromatic heterocycles. The van der Waals surface area contributed by atoms with Crippen LogP contribution in [0.3, 0.4) is 0 Å². The normalized spacial score (nSPS) is 11.8. The van der Waals surface area contributed by atoms with Gasteiger partial charge in [-0.1, -0.05) is 35.3 Å². The predicted octanol–water partition coefficient (Wildman–Crippen LogP) is 6.17. The van der Waals surface area contributed by atoms with Gasteiger partial charge in [-0.2, -0.15) is 0 Å². The van der Waals surface area contributed by atoms with Crippen LogP contribution in [0.25, 0.3) is 0 Å². The van der Waals surface area contributed by atoms with E-state index in [0.717, 1.165) is 11.3 Å². The van der Waals surface area contributed by atoms with Crippen LogP contribution in [0, 0.1) is 5.82 Å². The fraction of sp³-hybridized carbons (Fsp3) is 0.0500. The minimum absolute atomic E-state index is 0.169. The topological polar surface area (TPSA) is 29.1 Å². The molecule has 3 aromatic rings. The monoisotopic (exact) mass is 373 g/mol. The van der Waals surface area contributed by atoms with Crippen LogP contribution in [0.5, 0.6) is 0 Å². The van der Waals surface area contributed by atoms with Crippen LogP contribution >= 0.6 is 23.2 Å². The van der Waals surface area contributed by atoms with Crippen molar-refractivity contribution in [1.29, 1.82) is 0 Å². The number of Topliss-reactive ketones (excluding diaryl/α,β-unsaturated/α-hetero) is 1. The summed E-state index contributed by atoms with van der Waals surface area (Å²) < 4.78 is 13.1. The Hall–Kier alpha value is -2.36. The number of benzene rings is 3. The molecule has 0 aliphatic carbocycles. The van der Waals surface area contributed by atoms with E-state index in [1.165, 1.54) is 24.3 Å². The van der Waals surface area contributed by atoms with Gasteiger partial charge in [-0.3, -0.25) is 4.79 Å². The molecule has 1 N–H and O–H groups in total. The maximum absolute atomic E-state index is 13.1. The van der Waals surface area contributed by atoms with Gasteiger partial charge in [0.15, 0.2) is 5.78 Å². The molecule has 126 valence electrons. The molecule has 0 heterocycles. The minimum atomic E-state index is -0.635. The number of carbonyl (C=O) groups is 1. The number of anilines is 1. The molecule has 0 radical (unpaired) electrons. The summed E-state index contributed by atoms with van der Waals surface area (Å²) in [5, 5.41) is 4.41. The Balaban J connectivity index is 1.95. The molecular formula is C20H14Cl2FNO.